The van der Waals surface area contributed by atoms with Crippen molar-refractivity contribution in [3.05, 3.63) is 18.0 Å². The molecule has 92 valence electrons. The molecule has 17 heavy (non-hydrogen) atoms. The summed E-state index contributed by atoms with van der Waals surface area (Å²) < 4.78 is 0. The van der Waals surface area contributed by atoms with Gasteiger partial charge in [-0.3, -0.25) is 0 Å². The van der Waals surface area contributed by atoms with Crippen LogP contribution in [-0.2, 0) is 0 Å². The Kier molecular flexibility index (Phi) is 3.53. The molecule has 0 saturated carbocycles. The highest BCUT2D eigenvalue weighted by atomic mass is 16.4. The van der Waals surface area contributed by atoms with Gasteiger partial charge in [-0.1, -0.05) is 0 Å². The molecule has 2 rings (SSSR count). The van der Waals surface area contributed by atoms with Crippen molar-refractivity contribution in [1.82, 2.24) is 9.97 Å². The monoisotopic (exact) mass is 237 g/mol. The number of rotatable bonds is 3. The van der Waals surface area contributed by atoms with Gasteiger partial charge in [0.2, 0.25) is 5.95 Å². The number of anilines is 1. The second-order valence-electron chi connectivity index (χ2n) is 4.10. The lowest BCUT2D eigenvalue weighted by atomic mass is 10.0. The first kappa shape index (κ1) is 11.8. The average molecular weight is 237 g/mol. The van der Waals surface area contributed by atoms with Crippen LogP contribution >= 0.6 is 0 Å². The molecule has 6 heteroatoms. The molecule has 0 radical (unpaired) electrons. The number of hydrogen-bond acceptors (Lipinski definition) is 5. The molecule has 0 aliphatic carbocycles. The molecule has 6 nitrogen and oxygen atoms in total. The van der Waals surface area contributed by atoms with Crippen LogP contribution in [0.4, 0.5) is 5.95 Å². The van der Waals surface area contributed by atoms with E-state index in [0.29, 0.717) is 5.95 Å². The number of carboxylic acid groups (broad SMARTS) is 1. The Bertz CT molecular complexity index is 393. The van der Waals surface area contributed by atoms with Gasteiger partial charge in [-0.2, -0.15) is 0 Å². The largest absolute Gasteiger partial charge is 0.478 e. The summed E-state index contributed by atoms with van der Waals surface area (Å²) in [6.07, 6.45) is 5.65. The topological polar surface area (TPSA) is 86.5 Å². The van der Waals surface area contributed by atoms with Gasteiger partial charge in [0.05, 0.1) is 18.2 Å². The van der Waals surface area contributed by atoms with Crippen molar-refractivity contribution < 1.29 is 15.0 Å². The summed E-state index contributed by atoms with van der Waals surface area (Å²) in [6, 6.07) is 0.0411. The van der Waals surface area contributed by atoms with Crippen LogP contribution in [0.3, 0.4) is 0 Å². The Morgan fingerprint density at radius 3 is 2.71 bits per heavy atom. The average Bonchev–Trinajstić information content (AvgIpc) is 2.39. The van der Waals surface area contributed by atoms with E-state index in [1.54, 1.807) is 0 Å². The van der Waals surface area contributed by atoms with Gasteiger partial charge in [-0.05, 0) is 19.3 Å². The Morgan fingerprint density at radius 2 is 2.12 bits per heavy atom. The van der Waals surface area contributed by atoms with Gasteiger partial charge in [0.25, 0.3) is 0 Å². The van der Waals surface area contributed by atoms with Crippen LogP contribution in [0.5, 0.6) is 0 Å². The van der Waals surface area contributed by atoms with E-state index in [0.717, 1.165) is 25.8 Å². The van der Waals surface area contributed by atoms with Crippen molar-refractivity contribution in [2.75, 3.05) is 18.1 Å². The van der Waals surface area contributed by atoms with Crippen LogP contribution in [0.15, 0.2) is 12.4 Å². The minimum atomic E-state index is -1.03. The van der Waals surface area contributed by atoms with E-state index >= 15 is 0 Å². The molecule has 1 unspecified atom stereocenters. The maximum atomic E-state index is 10.7. The van der Waals surface area contributed by atoms with E-state index in [1.165, 1.54) is 12.4 Å². The molecule has 0 aromatic carbocycles. The lowest BCUT2D eigenvalue weighted by molar-refractivity contribution is 0.0696. The molecule has 1 saturated heterocycles. The number of aliphatic hydroxyl groups excluding tert-OH is 1. The fourth-order valence-electron chi connectivity index (χ4n) is 2.03. The molecule has 1 fully saturated rings. The van der Waals surface area contributed by atoms with Crippen molar-refractivity contribution in [2.45, 2.75) is 25.3 Å². The quantitative estimate of drug-likeness (QED) is 0.797. The standard InChI is InChI=1S/C11H15N3O3/c15-7-9-3-1-2-4-14(9)11-12-5-8(6-13-11)10(16)17/h5-6,9,15H,1-4,7H2,(H,16,17). The van der Waals surface area contributed by atoms with Crippen molar-refractivity contribution in [2.24, 2.45) is 0 Å². The van der Waals surface area contributed by atoms with Gasteiger partial charge in [0.15, 0.2) is 0 Å². The molecule has 1 aromatic rings. The molecular formula is C11H15N3O3. The van der Waals surface area contributed by atoms with Crippen LogP contribution in [-0.4, -0.2) is 45.3 Å². The molecule has 1 aliphatic rings. The third kappa shape index (κ3) is 2.52. The summed E-state index contributed by atoms with van der Waals surface area (Å²) in [4.78, 5) is 20.7. The summed E-state index contributed by atoms with van der Waals surface area (Å²) in [5, 5.41) is 18.0. The van der Waals surface area contributed by atoms with Crippen LogP contribution in [0.2, 0.25) is 0 Å². The second kappa shape index (κ2) is 5.09. The van der Waals surface area contributed by atoms with Crippen molar-refractivity contribution >= 4 is 11.9 Å². The van der Waals surface area contributed by atoms with Crippen molar-refractivity contribution in [1.29, 1.82) is 0 Å². The minimum absolute atomic E-state index is 0.0411. The zero-order chi connectivity index (χ0) is 12.3. The molecule has 1 atom stereocenters. The van der Waals surface area contributed by atoms with E-state index in [9.17, 15) is 9.90 Å². The lowest BCUT2D eigenvalue weighted by Gasteiger charge is -2.34. The zero-order valence-electron chi connectivity index (χ0n) is 9.41. The first-order valence-corrected chi connectivity index (χ1v) is 5.65. The van der Waals surface area contributed by atoms with Gasteiger partial charge in [-0.15, -0.1) is 0 Å². The molecule has 1 aromatic heterocycles. The van der Waals surface area contributed by atoms with E-state index in [-0.39, 0.29) is 18.2 Å². The van der Waals surface area contributed by atoms with E-state index in [4.69, 9.17) is 5.11 Å². The summed E-state index contributed by atoms with van der Waals surface area (Å²) in [7, 11) is 0. The highest BCUT2D eigenvalue weighted by molar-refractivity contribution is 5.86. The number of hydrogen-bond donors (Lipinski definition) is 2. The third-order valence-electron chi connectivity index (χ3n) is 2.98. The van der Waals surface area contributed by atoms with Crippen molar-refractivity contribution in [3.63, 3.8) is 0 Å². The van der Waals surface area contributed by atoms with Gasteiger partial charge < -0.3 is 15.1 Å². The number of aliphatic hydroxyl groups is 1. The highest BCUT2D eigenvalue weighted by Gasteiger charge is 2.23. The maximum absolute atomic E-state index is 10.7. The van der Waals surface area contributed by atoms with E-state index < -0.39 is 5.97 Å². The molecular weight excluding hydrogens is 222 g/mol. The highest BCUT2D eigenvalue weighted by Crippen LogP contribution is 2.21. The number of carboxylic acids is 1. The number of piperidine rings is 1. The summed E-state index contributed by atoms with van der Waals surface area (Å²) in [6.45, 7) is 0.877. The number of aromatic carboxylic acids is 1. The van der Waals surface area contributed by atoms with Crippen LogP contribution < -0.4 is 4.90 Å². The fraction of sp³-hybridized carbons (Fsp3) is 0.545. The SMILES string of the molecule is O=C(O)c1cnc(N2CCCCC2CO)nc1. The van der Waals surface area contributed by atoms with Gasteiger partial charge in [0, 0.05) is 18.9 Å². The minimum Gasteiger partial charge on any atom is -0.478 e. The molecule has 2 heterocycles. The van der Waals surface area contributed by atoms with Gasteiger partial charge in [0.1, 0.15) is 0 Å². The molecule has 0 bridgehead atoms. The fourth-order valence-corrected chi connectivity index (χ4v) is 2.03. The number of carbonyl (C=O) groups is 1. The smallest absolute Gasteiger partial charge is 0.338 e. The molecule has 2 N–H and O–H groups in total. The lowest BCUT2D eigenvalue weighted by Crippen LogP contribution is -2.42. The third-order valence-corrected chi connectivity index (χ3v) is 2.98. The van der Waals surface area contributed by atoms with Crippen molar-refractivity contribution in [3.8, 4) is 0 Å². The van der Waals surface area contributed by atoms with E-state index in [2.05, 4.69) is 9.97 Å². The second-order valence-corrected chi connectivity index (χ2v) is 4.10. The zero-order valence-corrected chi connectivity index (χ0v) is 9.41. The molecule has 1 aliphatic heterocycles. The van der Waals surface area contributed by atoms with Crippen LogP contribution in [0.25, 0.3) is 0 Å². The number of aromatic nitrogens is 2. The van der Waals surface area contributed by atoms with Gasteiger partial charge in [-0.25, -0.2) is 14.8 Å². The Hall–Kier alpha value is -1.69. The summed E-state index contributed by atoms with van der Waals surface area (Å²) >= 11 is 0. The predicted molar refractivity (Wildman–Crippen MR) is 61.1 cm³/mol. The number of nitrogens with zero attached hydrogens (tertiary/aromatic N) is 3. The molecule has 0 amide bonds. The normalized spacial score (nSPS) is 20.3. The van der Waals surface area contributed by atoms with Crippen LogP contribution in [0.1, 0.15) is 29.6 Å². The Morgan fingerprint density at radius 1 is 1.41 bits per heavy atom. The Labute approximate surface area is 98.9 Å². The first-order valence-electron chi connectivity index (χ1n) is 5.65. The summed E-state index contributed by atoms with van der Waals surface area (Å²) in [5.74, 6) is -0.539. The molecule has 0 spiro atoms. The Balaban J connectivity index is 2.17. The van der Waals surface area contributed by atoms with Gasteiger partial charge >= 0.3 is 5.97 Å². The van der Waals surface area contributed by atoms with E-state index in [1.807, 2.05) is 4.90 Å². The maximum Gasteiger partial charge on any atom is 0.338 e. The summed E-state index contributed by atoms with van der Waals surface area (Å²) in [5.41, 5.74) is 0.0753. The van der Waals surface area contributed by atoms with Crippen LogP contribution in [0, 0.1) is 0 Å². The predicted octanol–water partition coefficient (Wildman–Crippen LogP) is 0.526. The first-order chi connectivity index (χ1) is 8.22.